The van der Waals surface area contributed by atoms with Crippen LogP contribution < -0.4 is 10.6 Å². The second kappa shape index (κ2) is 7.00. The fourth-order valence-corrected chi connectivity index (χ4v) is 2.76. The molecule has 1 unspecified atom stereocenters. The van der Waals surface area contributed by atoms with Gasteiger partial charge in [0, 0.05) is 31.4 Å². The first-order valence-electron chi connectivity index (χ1n) is 6.22. The summed E-state index contributed by atoms with van der Waals surface area (Å²) in [6.07, 6.45) is 0. The Labute approximate surface area is 118 Å². The number of carbonyl (C=O) groups is 1. The van der Waals surface area contributed by atoms with E-state index >= 15 is 0 Å². The molecule has 0 aliphatic rings. The van der Waals surface area contributed by atoms with E-state index < -0.39 is 5.60 Å². The first-order valence-corrected chi connectivity index (χ1v) is 7.10. The van der Waals surface area contributed by atoms with Gasteiger partial charge in [-0.05, 0) is 32.5 Å². The molecule has 1 heterocycles. The van der Waals surface area contributed by atoms with Gasteiger partial charge in [0.2, 0.25) is 5.91 Å². The number of amides is 1. The summed E-state index contributed by atoms with van der Waals surface area (Å²) in [5.41, 5.74) is 0.0758. The van der Waals surface area contributed by atoms with Crippen molar-refractivity contribution >= 4 is 22.9 Å². The first-order chi connectivity index (χ1) is 8.80. The predicted molar refractivity (Wildman–Crippen MR) is 79.5 cm³/mol. The summed E-state index contributed by atoms with van der Waals surface area (Å²) in [6.45, 7) is 5.04. The van der Waals surface area contributed by atoms with Crippen LogP contribution >= 0.6 is 11.3 Å². The predicted octanol–water partition coefficient (Wildman–Crippen LogP) is 1.11. The maximum Gasteiger partial charge on any atom is 0.221 e. The van der Waals surface area contributed by atoms with Crippen molar-refractivity contribution in [1.29, 1.82) is 0 Å². The van der Waals surface area contributed by atoms with Crippen molar-refractivity contribution in [3.63, 3.8) is 0 Å². The number of aliphatic hydroxyl groups is 1. The third-order valence-electron chi connectivity index (χ3n) is 2.50. The van der Waals surface area contributed by atoms with E-state index in [9.17, 15) is 9.90 Å². The highest BCUT2D eigenvalue weighted by atomic mass is 32.1. The van der Waals surface area contributed by atoms with Crippen molar-refractivity contribution in [3.05, 3.63) is 16.3 Å². The lowest BCUT2D eigenvalue weighted by atomic mass is 10.1. The number of hydrogen-bond donors (Lipinski definition) is 3. The lowest BCUT2D eigenvalue weighted by Gasteiger charge is -2.27. The number of nitrogens with one attached hydrogen (secondary N) is 2. The van der Waals surface area contributed by atoms with Crippen LogP contribution in [0.25, 0.3) is 0 Å². The summed E-state index contributed by atoms with van der Waals surface area (Å²) < 4.78 is 0. The molecule has 5 nitrogen and oxygen atoms in total. The van der Waals surface area contributed by atoms with Crippen molar-refractivity contribution in [2.75, 3.05) is 32.5 Å². The number of hydrogen-bond acceptors (Lipinski definition) is 5. The Morgan fingerprint density at radius 3 is 2.79 bits per heavy atom. The molecule has 0 aliphatic heterocycles. The van der Waals surface area contributed by atoms with Crippen molar-refractivity contribution in [1.82, 2.24) is 10.2 Å². The van der Waals surface area contributed by atoms with Gasteiger partial charge in [0.05, 0.1) is 11.3 Å². The summed E-state index contributed by atoms with van der Waals surface area (Å²) in [5, 5.41) is 18.1. The van der Waals surface area contributed by atoms with E-state index in [2.05, 4.69) is 10.6 Å². The van der Waals surface area contributed by atoms with Crippen LogP contribution in [0, 0.1) is 0 Å². The molecular weight excluding hydrogens is 262 g/mol. The largest absolute Gasteiger partial charge is 0.388 e. The second-order valence-electron chi connectivity index (χ2n) is 5.28. The monoisotopic (exact) mass is 285 g/mol. The van der Waals surface area contributed by atoms with Gasteiger partial charge in [-0.2, -0.15) is 0 Å². The highest BCUT2D eigenvalue weighted by Crippen LogP contribution is 2.22. The molecule has 1 aromatic heterocycles. The Hall–Kier alpha value is -0.950. The van der Waals surface area contributed by atoms with Crippen molar-refractivity contribution < 1.29 is 9.90 Å². The van der Waals surface area contributed by atoms with Gasteiger partial charge in [0.1, 0.15) is 0 Å². The molecule has 1 atom stereocenters. The minimum absolute atomic E-state index is 0.0701. The van der Waals surface area contributed by atoms with Gasteiger partial charge in [-0.15, -0.1) is 11.3 Å². The molecule has 1 aromatic rings. The minimum Gasteiger partial charge on any atom is -0.388 e. The summed E-state index contributed by atoms with van der Waals surface area (Å²) >= 11 is 1.59. The Bertz CT molecular complexity index is 416. The summed E-state index contributed by atoms with van der Waals surface area (Å²) in [5.74, 6) is -0.0701. The third-order valence-corrected chi connectivity index (χ3v) is 3.43. The second-order valence-corrected chi connectivity index (χ2v) is 6.28. The maximum absolute atomic E-state index is 11.0. The molecule has 0 saturated heterocycles. The van der Waals surface area contributed by atoms with Crippen LogP contribution in [0.1, 0.15) is 18.7 Å². The van der Waals surface area contributed by atoms with Gasteiger partial charge in [-0.1, -0.05) is 0 Å². The van der Waals surface area contributed by atoms with Crippen molar-refractivity contribution in [3.8, 4) is 0 Å². The van der Waals surface area contributed by atoms with Crippen LogP contribution in [-0.2, 0) is 11.3 Å². The van der Waals surface area contributed by atoms with Gasteiger partial charge in [-0.3, -0.25) is 4.79 Å². The van der Waals surface area contributed by atoms with Crippen LogP contribution in [0.4, 0.5) is 5.69 Å². The Kier molecular flexibility index (Phi) is 5.93. The standard InChI is InChI=1S/C13H23N3O2S/c1-10(17)15-11-5-6-19-12(11)7-14-8-13(2,18)9-16(3)4/h5-6,14,18H,7-9H2,1-4H3,(H,15,17). The van der Waals surface area contributed by atoms with E-state index in [-0.39, 0.29) is 5.91 Å². The van der Waals surface area contributed by atoms with E-state index in [1.807, 2.05) is 37.4 Å². The average molecular weight is 285 g/mol. The molecule has 0 spiro atoms. The van der Waals surface area contributed by atoms with Crippen molar-refractivity contribution in [2.24, 2.45) is 0 Å². The number of rotatable bonds is 7. The highest BCUT2D eigenvalue weighted by molar-refractivity contribution is 7.10. The topological polar surface area (TPSA) is 64.6 Å². The average Bonchev–Trinajstić information content (AvgIpc) is 2.62. The molecule has 0 radical (unpaired) electrons. The first kappa shape index (κ1) is 16.1. The van der Waals surface area contributed by atoms with E-state index in [1.165, 1.54) is 6.92 Å². The quantitative estimate of drug-likeness (QED) is 0.702. The molecule has 0 aliphatic carbocycles. The highest BCUT2D eigenvalue weighted by Gasteiger charge is 2.20. The molecular formula is C13H23N3O2S. The number of likely N-dealkylation sites (N-methyl/N-ethyl adjacent to an activating group) is 1. The molecule has 0 fully saturated rings. The van der Waals surface area contributed by atoms with E-state index in [1.54, 1.807) is 11.3 Å². The molecule has 6 heteroatoms. The van der Waals surface area contributed by atoms with Crippen LogP contribution in [-0.4, -0.2) is 48.7 Å². The van der Waals surface area contributed by atoms with Crippen LogP contribution in [0.3, 0.4) is 0 Å². The van der Waals surface area contributed by atoms with Crippen LogP contribution in [0.2, 0.25) is 0 Å². The fourth-order valence-electron chi connectivity index (χ4n) is 1.96. The summed E-state index contributed by atoms with van der Waals surface area (Å²) in [4.78, 5) is 14.1. The van der Waals surface area contributed by atoms with E-state index in [0.717, 1.165) is 10.6 Å². The molecule has 108 valence electrons. The summed E-state index contributed by atoms with van der Waals surface area (Å²) in [6, 6.07) is 1.89. The van der Waals surface area contributed by atoms with E-state index in [4.69, 9.17) is 0 Å². The van der Waals surface area contributed by atoms with Gasteiger partial charge in [0.25, 0.3) is 0 Å². The van der Waals surface area contributed by atoms with Crippen molar-refractivity contribution in [2.45, 2.75) is 26.0 Å². The Morgan fingerprint density at radius 2 is 2.21 bits per heavy atom. The normalized spacial score (nSPS) is 14.4. The number of nitrogens with zero attached hydrogens (tertiary/aromatic N) is 1. The number of anilines is 1. The van der Waals surface area contributed by atoms with Gasteiger partial charge in [-0.25, -0.2) is 0 Å². The molecule has 19 heavy (non-hydrogen) atoms. The zero-order valence-corrected chi connectivity index (χ0v) is 12.8. The van der Waals surface area contributed by atoms with E-state index in [0.29, 0.717) is 19.6 Å². The molecule has 3 N–H and O–H groups in total. The molecule has 0 aromatic carbocycles. The lowest BCUT2D eigenvalue weighted by Crippen LogP contribution is -2.45. The summed E-state index contributed by atoms with van der Waals surface area (Å²) in [7, 11) is 3.87. The Balaban J connectivity index is 2.45. The van der Waals surface area contributed by atoms with Crippen LogP contribution in [0.5, 0.6) is 0 Å². The molecule has 0 saturated carbocycles. The lowest BCUT2D eigenvalue weighted by molar-refractivity contribution is -0.114. The maximum atomic E-state index is 11.0. The smallest absolute Gasteiger partial charge is 0.221 e. The molecule has 1 rings (SSSR count). The number of thiophene rings is 1. The zero-order valence-electron chi connectivity index (χ0n) is 12.0. The SMILES string of the molecule is CC(=O)Nc1ccsc1CNCC(C)(O)CN(C)C. The molecule has 1 amide bonds. The minimum atomic E-state index is -0.769. The third kappa shape index (κ3) is 6.15. The van der Waals surface area contributed by atoms with Gasteiger partial charge in [0.15, 0.2) is 0 Å². The zero-order chi connectivity index (χ0) is 14.5. The Morgan fingerprint density at radius 1 is 1.53 bits per heavy atom. The van der Waals surface area contributed by atoms with Crippen LogP contribution in [0.15, 0.2) is 11.4 Å². The number of carbonyl (C=O) groups excluding carboxylic acids is 1. The molecule has 0 bridgehead atoms. The van der Waals surface area contributed by atoms with Gasteiger partial charge >= 0.3 is 0 Å². The van der Waals surface area contributed by atoms with Gasteiger partial charge < -0.3 is 20.6 Å². The fraction of sp³-hybridized carbons (Fsp3) is 0.615.